The van der Waals surface area contributed by atoms with Crippen LogP contribution in [-0.2, 0) is 0 Å². The Hall–Kier alpha value is -0.850. The quantitative estimate of drug-likeness (QED) is 0.611. The van der Waals surface area contributed by atoms with Crippen LogP contribution in [0.15, 0.2) is 28.8 Å². The fraction of sp³-hybridized carbons (Fsp3) is 0.643. The Kier molecular flexibility index (Phi) is 4.80. The van der Waals surface area contributed by atoms with E-state index in [1.54, 1.807) is 0 Å². The lowest BCUT2D eigenvalue weighted by molar-refractivity contribution is 0.620. The first-order valence-electron chi connectivity index (χ1n) is 6.03. The fourth-order valence-electron chi connectivity index (χ4n) is 1.80. The first-order chi connectivity index (χ1) is 7.13. The summed E-state index contributed by atoms with van der Waals surface area (Å²) in [5.74, 6) is 0.547. The second-order valence-corrected chi connectivity index (χ2v) is 4.59. The Morgan fingerprint density at radius 1 is 1.47 bits per heavy atom. The van der Waals surface area contributed by atoms with Crippen LogP contribution in [0.2, 0.25) is 0 Å². The molecule has 0 aromatic rings. The van der Waals surface area contributed by atoms with E-state index in [2.05, 4.69) is 45.9 Å². The van der Waals surface area contributed by atoms with Gasteiger partial charge in [0.25, 0.3) is 0 Å². The summed E-state index contributed by atoms with van der Waals surface area (Å²) in [5, 5.41) is 0. The average Bonchev–Trinajstić information content (AvgIpc) is 2.20. The van der Waals surface area contributed by atoms with Crippen molar-refractivity contribution < 1.29 is 0 Å². The van der Waals surface area contributed by atoms with Gasteiger partial charge >= 0.3 is 0 Å². The molecule has 2 unspecified atom stereocenters. The van der Waals surface area contributed by atoms with E-state index in [0.717, 1.165) is 6.42 Å². The molecule has 1 aliphatic carbocycles. The van der Waals surface area contributed by atoms with Crippen molar-refractivity contribution in [3.63, 3.8) is 0 Å². The third kappa shape index (κ3) is 4.03. The smallest absolute Gasteiger partial charge is 0.0744 e. The van der Waals surface area contributed by atoms with Crippen molar-refractivity contribution >= 4 is 5.71 Å². The Morgan fingerprint density at radius 3 is 2.87 bits per heavy atom. The number of nitrogens with zero attached hydrogens (tertiary/aromatic N) is 1. The molecule has 0 spiro atoms. The average molecular weight is 205 g/mol. The summed E-state index contributed by atoms with van der Waals surface area (Å²) in [7, 11) is 0. The normalized spacial score (nSPS) is 26.7. The highest BCUT2D eigenvalue weighted by Gasteiger charge is 2.14. The van der Waals surface area contributed by atoms with Crippen LogP contribution in [-0.4, -0.2) is 11.8 Å². The Balaban J connectivity index is 2.60. The third-order valence-corrected chi connectivity index (χ3v) is 2.90. The number of allylic oxidation sites excluding steroid dienone is 2. The van der Waals surface area contributed by atoms with Crippen LogP contribution in [0.25, 0.3) is 0 Å². The highest BCUT2D eigenvalue weighted by molar-refractivity contribution is 5.82. The SMILES string of the molecule is CCCC/C(C)=N/C1C=C(C)C=CC1C. The lowest BCUT2D eigenvalue weighted by Gasteiger charge is -2.19. The minimum Gasteiger partial charge on any atom is -0.286 e. The van der Waals surface area contributed by atoms with E-state index in [0.29, 0.717) is 12.0 Å². The first-order valence-corrected chi connectivity index (χ1v) is 6.03. The summed E-state index contributed by atoms with van der Waals surface area (Å²) in [6.07, 6.45) is 10.4. The Morgan fingerprint density at radius 2 is 2.20 bits per heavy atom. The van der Waals surface area contributed by atoms with Crippen LogP contribution in [0.5, 0.6) is 0 Å². The topological polar surface area (TPSA) is 12.4 Å². The predicted octanol–water partition coefficient (Wildman–Crippen LogP) is 4.16. The van der Waals surface area contributed by atoms with Gasteiger partial charge in [-0.15, -0.1) is 0 Å². The number of rotatable bonds is 4. The summed E-state index contributed by atoms with van der Waals surface area (Å²) in [5.41, 5.74) is 2.64. The minimum absolute atomic E-state index is 0.367. The molecule has 0 saturated carbocycles. The van der Waals surface area contributed by atoms with Crippen LogP contribution >= 0.6 is 0 Å². The summed E-state index contributed by atoms with van der Waals surface area (Å²) in [6, 6.07) is 0.367. The van der Waals surface area contributed by atoms with Crippen molar-refractivity contribution in [1.29, 1.82) is 0 Å². The lowest BCUT2D eigenvalue weighted by Crippen LogP contribution is -2.16. The zero-order valence-electron chi connectivity index (χ0n) is 10.5. The van der Waals surface area contributed by atoms with E-state index in [9.17, 15) is 0 Å². The van der Waals surface area contributed by atoms with Crippen molar-refractivity contribution in [3.05, 3.63) is 23.8 Å². The first kappa shape index (κ1) is 12.2. The van der Waals surface area contributed by atoms with Gasteiger partial charge in [-0.1, -0.05) is 44.1 Å². The van der Waals surface area contributed by atoms with Gasteiger partial charge in [-0.25, -0.2) is 0 Å². The van der Waals surface area contributed by atoms with Crippen molar-refractivity contribution in [2.24, 2.45) is 10.9 Å². The molecule has 0 bridgehead atoms. The predicted molar refractivity (Wildman–Crippen MR) is 68.5 cm³/mol. The van der Waals surface area contributed by atoms with Crippen molar-refractivity contribution in [2.45, 2.75) is 53.0 Å². The summed E-state index contributed by atoms with van der Waals surface area (Å²) >= 11 is 0. The summed E-state index contributed by atoms with van der Waals surface area (Å²) < 4.78 is 0. The summed E-state index contributed by atoms with van der Waals surface area (Å²) in [4.78, 5) is 4.79. The van der Waals surface area contributed by atoms with Gasteiger partial charge in [-0.3, -0.25) is 4.99 Å². The van der Waals surface area contributed by atoms with E-state index in [1.165, 1.54) is 24.1 Å². The van der Waals surface area contributed by atoms with Gasteiger partial charge in [-0.05, 0) is 26.7 Å². The van der Waals surface area contributed by atoms with E-state index in [-0.39, 0.29) is 0 Å². The van der Waals surface area contributed by atoms with Gasteiger partial charge < -0.3 is 0 Å². The second-order valence-electron chi connectivity index (χ2n) is 4.59. The zero-order chi connectivity index (χ0) is 11.3. The summed E-state index contributed by atoms with van der Waals surface area (Å²) in [6.45, 7) is 8.76. The minimum atomic E-state index is 0.367. The van der Waals surface area contributed by atoms with Crippen LogP contribution in [0.3, 0.4) is 0 Å². The maximum Gasteiger partial charge on any atom is 0.0744 e. The molecule has 1 heteroatoms. The molecule has 1 nitrogen and oxygen atoms in total. The molecule has 0 N–H and O–H groups in total. The van der Waals surface area contributed by atoms with Gasteiger partial charge in [0.1, 0.15) is 0 Å². The molecule has 0 amide bonds. The maximum absolute atomic E-state index is 4.79. The molecule has 15 heavy (non-hydrogen) atoms. The molecule has 84 valence electrons. The monoisotopic (exact) mass is 205 g/mol. The van der Waals surface area contributed by atoms with Gasteiger partial charge in [0.2, 0.25) is 0 Å². The molecule has 0 fully saturated rings. The molecule has 0 saturated heterocycles. The molecule has 1 aliphatic rings. The number of unbranched alkanes of at least 4 members (excludes halogenated alkanes) is 1. The van der Waals surface area contributed by atoms with E-state index in [1.807, 2.05) is 0 Å². The molecular formula is C14H23N. The molecule has 0 aromatic carbocycles. The van der Waals surface area contributed by atoms with E-state index in [4.69, 9.17) is 4.99 Å². The van der Waals surface area contributed by atoms with Crippen LogP contribution in [0.1, 0.15) is 47.0 Å². The van der Waals surface area contributed by atoms with E-state index >= 15 is 0 Å². The molecule has 0 aliphatic heterocycles. The molecular weight excluding hydrogens is 182 g/mol. The van der Waals surface area contributed by atoms with Gasteiger partial charge in [0, 0.05) is 11.6 Å². The number of hydrogen-bond acceptors (Lipinski definition) is 1. The molecule has 0 heterocycles. The highest BCUT2D eigenvalue weighted by Crippen LogP contribution is 2.19. The van der Waals surface area contributed by atoms with Gasteiger partial charge in [0.05, 0.1) is 6.04 Å². The van der Waals surface area contributed by atoms with Crippen LogP contribution < -0.4 is 0 Å². The lowest BCUT2D eigenvalue weighted by atomic mass is 9.94. The van der Waals surface area contributed by atoms with Gasteiger partial charge in [0.15, 0.2) is 0 Å². The molecule has 1 rings (SSSR count). The number of hydrogen-bond donors (Lipinski definition) is 0. The standard InChI is InChI=1S/C14H23N/c1-5-6-7-13(4)15-14-10-11(2)8-9-12(14)3/h8-10,12,14H,5-7H2,1-4H3/b15-13+. The van der Waals surface area contributed by atoms with Gasteiger partial charge in [-0.2, -0.15) is 0 Å². The van der Waals surface area contributed by atoms with Crippen LogP contribution in [0.4, 0.5) is 0 Å². The zero-order valence-corrected chi connectivity index (χ0v) is 10.5. The Bertz CT molecular complexity index is 284. The van der Waals surface area contributed by atoms with E-state index < -0.39 is 0 Å². The van der Waals surface area contributed by atoms with Crippen molar-refractivity contribution in [1.82, 2.24) is 0 Å². The largest absolute Gasteiger partial charge is 0.286 e. The van der Waals surface area contributed by atoms with Crippen molar-refractivity contribution in [2.75, 3.05) is 0 Å². The highest BCUT2D eigenvalue weighted by atomic mass is 14.8. The maximum atomic E-state index is 4.79. The Labute approximate surface area is 94.0 Å². The molecule has 0 radical (unpaired) electrons. The second kappa shape index (κ2) is 5.89. The molecule has 2 atom stereocenters. The van der Waals surface area contributed by atoms with Crippen molar-refractivity contribution in [3.8, 4) is 0 Å². The number of aliphatic imine (C=N–C) groups is 1. The molecule has 0 aromatic heterocycles. The fourth-order valence-corrected chi connectivity index (χ4v) is 1.80. The van der Waals surface area contributed by atoms with Crippen LogP contribution in [0, 0.1) is 5.92 Å². The third-order valence-electron chi connectivity index (χ3n) is 2.90.